The van der Waals surface area contributed by atoms with Crippen LogP contribution in [0.2, 0.25) is 0 Å². The SMILES string of the molecule is C/C=C/[C@@H](O)C1(c2ccco2)SCCCS1. The Morgan fingerprint density at radius 3 is 2.81 bits per heavy atom. The van der Waals surface area contributed by atoms with Crippen LogP contribution in [0.3, 0.4) is 0 Å². The third-order valence-electron chi connectivity index (χ3n) is 2.55. The van der Waals surface area contributed by atoms with Gasteiger partial charge in [-0.1, -0.05) is 12.2 Å². The molecular weight excluding hydrogens is 240 g/mol. The van der Waals surface area contributed by atoms with Crippen molar-refractivity contribution in [2.45, 2.75) is 23.5 Å². The molecule has 4 heteroatoms. The fourth-order valence-electron chi connectivity index (χ4n) is 1.79. The van der Waals surface area contributed by atoms with Crippen molar-refractivity contribution < 1.29 is 9.52 Å². The lowest BCUT2D eigenvalue weighted by atomic mass is 10.2. The molecule has 2 heterocycles. The first kappa shape index (κ1) is 12.1. The highest BCUT2D eigenvalue weighted by molar-refractivity contribution is 8.18. The molecule has 1 aromatic rings. The van der Waals surface area contributed by atoms with Gasteiger partial charge < -0.3 is 9.52 Å². The lowest BCUT2D eigenvalue weighted by Gasteiger charge is -2.36. The Morgan fingerprint density at radius 1 is 1.50 bits per heavy atom. The van der Waals surface area contributed by atoms with E-state index in [1.165, 1.54) is 6.42 Å². The second-order valence-corrected chi connectivity index (χ2v) is 6.61. The molecule has 1 N–H and O–H groups in total. The second kappa shape index (κ2) is 5.34. The molecule has 2 rings (SSSR count). The van der Waals surface area contributed by atoms with Crippen molar-refractivity contribution in [3.63, 3.8) is 0 Å². The van der Waals surface area contributed by atoms with E-state index in [9.17, 15) is 5.11 Å². The average molecular weight is 256 g/mol. The van der Waals surface area contributed by atoms with Crippen LogP contribution in [0, 0.1) is 0 Å². The van der Waals surface area contributed by atoms with Gasteiger partial charge in [0, 0.05) is 0 Å². The number of thioether (sulfide) groups is 2. The fraction of sp³-hybridized carbons (Fsp3) is 0.500. The minimum absolute atomic E-state index is 0.353. The van der Waals surface area contributed by atoms with E-state index in [1.54, 1.807) is 29.8 Å². The van der Waals surface area contributed by atoms with Gasteiger partial charge in [0.1, 0.15) is 15.9 Å². The van der Waals surface area contributed by atoms with Crippen LogP contribution in [0.5, 0.6) is 0 Å². The van der Waals surface area contributed by atoms with Crippen LogP contribution in [-0.4, -0.2) is 22.7 Å². The van der Waals surface area contributed by atoms with Crippen molar-refractivity contribution in [2.75, 3.05) is 11.5 Å². The molecular formula is C12H16O2S2. The van der Waals surface area contributed by atoms with Crippen LogP contribution < -0.4 is 0 Å². The third-order valence-corrected chi connectivity index (χ3v) is 5.99. The number of furan rings is 1. The summed E-state index contributed by atoms with van der Waals surface area (Å²) in [7, 11) is 0. The Hall–Kier alpha value is -0.320. The van der Waals surface area contributed by atoms with Gasteiger partial charge in [-0.15, -0.1) is 23.5 Å². The molecule has 0 saturated carbocycles. The number of hydrogen-bond donors (Lipinski definition) is 1. The summed E-state index contributed by atoms with van der Waals surface area (Å²) in [4.78, 5) is 0. The molecule has 16 heavy (non-hydrogen) atoms. The van der Waals surface area contributed by atoms with E-state index in [-0.39, 0.29) is 4.08 Å². The summed E-state index contributed by atoms with van der Waals surface area (Å²) in [5.41, 5.74) is 0. The topological polar surface area (TPSA) is 33.4 Å². The van der Waals surface area contributed by atoms with E-state index < -0.39 is 6.10 Å². The van der Waals surface area contributed by atoms with Crippen LogP contribution in [0.25, 0.3) is 0 Å². The highest BCUT2D eigenvalue weighted by Gasteiger charge is 2.43. The molecule has 0 amide bonds. The third kappa shape index (κ3) is 2.19. The van der Waals surface area contributed by atoms with Crippen LogP contribution in [0.1, 0.15) is 19.1 Å². The lowest BCUT2D eigenvalue weighted by Crippen LogP contribution is -2.34. The van der Waals surface area contributed by atoms with Crippen LogP contribution in [-0.2, 0) is 4.08 Å². The maximum Gasteiger partial charge on any atom is 0.148 e. The Labute approximate surface area is 104 Å². The monoisotopic (exact) mass is 256 g/mol. The highest BCUT2D eigenvalue weighted by atomic mass is 32.2. The lowest BCUT2D eigenvalue weighted by molar-refractivity contribution is 0.198. The van der Waals surface area contributed by atoms with Crippen LogP contribution in [0.15, 0.2) is 35.0 Å². The molecule has 0 unspecified atom stereocenters. The van der Waals surface area contributed by atoms with Crippen molar-refractivity contribution in [2.24, 2.45) is 0 Å². The molecule has 2 nitrogen and oxygen atoms in total. The summed E-state index contributed by atoms with van der Waals surface area (Å²) >= 11 is 3.57. The largest absolute Gasteiger partial charge is 0.467 e. The summed E-state index contributed by atoms with van der Waals surface area (Å²) in [6.45, 7) is 1.93. The molecule has 0 radical (unpaired) electrons. The standard InChI is InChI=1S/C12H16O2S2/c1-2-5-10(13)12(11-6-3-7-14-11)15-8-4-9-16-12/h2-3,5-7,10,13H,4,8-9H2,1H3/b5-2+/t10-/m1/s1. The predicted molar refractivity (Wildman–Crippen MR) is 70.7 cm³/mol. The Balaban J connectivity index is 2.31. The van der Waals surface area contributed by atoms with Gasteiger partial charge >= 0.3 is 0 Å². The molecule has 88 valence electrons. The summed E-state index contributed by atoms with van der Waals surface area (Å²) in [6.07, 6.45) is 6.10. The predicted octanol–water partition coefficient (Wildman–Crippen LogP) is 3.24. The summed E-state index contributed by atoms with van der Waals surface area (Å²) in [5, 5.41) is 10.3. The second-order valence-electron chi connectivity index (χ2n) is 3.67. The van der Waals surface area contributed by atoms with Crippen molar-refractivity contribution in [1.29, 1.82) is 0 Å². The van der Waals surface area contributed by atoms with Crippen molar-refractivity contribution in [1.82, 2.24) is 0 Å². The van der Waals surface area contributed by atoms with E-state index in [0.29, 0.717) is 0 Å². The molecule has 0 bridgehead atoms. The molecule has 1 atom stereocenters. The first-order valence-electron chi connectivity index (χ1n) is 5.42. The van der Waals surface area contributed by atoms with Gasteiger partial charge in [0.2, 0.25) is 0 Å². The number of aliphatic hydroxyl groups excluding tert-OH is 1. The summed E-state index contributed by atoms with van der Waals surface area (Å²) in [5.74, 6) is 3.01. The number of aliphatic hydroxyl groups is 1. The minimum atomic E-state index is -0.501. The average Bonchev–Trinajstić information content (AvgIpc) is 2.84. The Kier molecular flexibility index (Phi) is 4.05. The fourth-order valence-corrected chi connectivity index (χ4v) is 5.01. The van der Waals surface area contributed by atoms with E-state index >= 15 is 0 Å². The van der Waals surface area contributed by atoms with Gasteiger partial charge in [-0.25, -0.2) is 0 Å². The smallest absolute Gasteiger partial charge is 0.148 e. The molecule has 1 fully saturated rings. The number of hydrogen-bond acceptors (Lipinski definition) is 4. The number of rotatable bonds is 3. The van der Waals surface area contributed by atoms with Gasteiger partial charge in [0.05, 0.1) is 6.26 Å². The molecule has 0 aromatic carbocycles. The van der Waals surface area contributed by atoms with E-state index in [1.807, 2.05) is 31.2 Å². The molecule has 0 aliphatic carbocycles. The maximum atomic E-state index is 10.3. The van der Waals surface area contributed by atoms with Crippen LogP contribution in [0.4, 0.5) is 0 Å². The quantitative estimate of drug-likeness (QED) is 0.842. The Morgan fingerprint density at radius 2 is 2.25 bits per heavy atom. The molecule has 0 spiro atoms. The van der Waals surface area contributed by atoms with Crippen LogP contribution >= 0.6 is 23.5 Å². The van der Waals surface area contributed by atoms with Crippen molar-refractivity contribution in [3.8, 4) is 0 Å². The maximum absolute atomic E-state index is 10.3. The van der Waals surface area contributed by atoms with Gasteiger partial charge in [-0.2, -0.15) is 0 Å². The van der Waals surface area contributed by atoms with Crippen molar-refractivity contribution in [3.05, 3.63) is 36.3 Å². The van der Waals surface area contributed by atoms with Gasteiger partial charge in [-0.05, 0) is 37.0 Å². The zero-order valence-electron chi connectivity index (χ0n) is 9.26. The van der Waals surface area contributed by atoms with Gasteiger partial charge in [0.15, 0.2) is 0 Å². The number of allylic oxidation sites excluding steroid dienone is 1. The zero-order chi connectivity index (χ0) is 11.4. The highest BCUT2D eigenvalue weighted by Crippen LogP contribution is 2.53. The molecule has 1 aliphatic rings. The summed E-state index contributed by atoms with van der Waals surface area (Å²) in [6, 6.07) is 3.84. The van der Waals surface area contributed by atoms with Gasteiger partial charge in [0.25, 0.3) is 0 Å². The zero-order valence-corrected chi connectivity index (χ0v) is 10.9. The molecule has 1 aliphatic heterocycles. The normalized spacial score (nSPS) is 22.4. The van der Waals surface area contributed by atoms with Crippen molar-refractivity contribution >= 4 is 23.5 Å². The Bertz CT molecular complexity index is 340. The van der Waals surface area contributed by atoms with E-state index in [4.69, 9.17) is 4.42 Å². The minimum Gasteiger partial charge on any atom is -0.467 e. The van der Waals surface area contributed by atoms with Gasteiger partial charge in [-0.3, -0.25) is 0 Å². The summed E-state index contributed by atoms with van der Waals surface area (Å²) < 4.78 is 5.16. The van der Waals surface area contributed by atoms with E-state index in [0.717, 1.165) is 17.3 Å². The molecule has 1 aromatic heterocycles. The molecule has 1 saturated heterocycles. The first-order chi connectivity index (χ1) is 7.79. The van der Waals surface area contributed by atoms with E-state index in [2.05, 4.69) is 0 Å². The first-order valence-corrected chi connectivity index (χ1v) is 7.39.